The Labute approximate surface area is 125 Å². The maximum absolute atomic E-state index is 9.08. The Morgan fingerprint density at radius 3 is 2.67 bits per heavy atom. The van der Waals surface area contributed by atoms with Crippen molar-refractivity contribution in [1.82, 2.24) is 4.90 Å². The molecule has 21 heavy (non-hydrogen) atoms. The molecule has 0 bridgehead atoms. The largest absolute Gasteiger partial charge is 0.325 e. The molecule has 2 aliphatic rings. The van der Waals surface area contributed by atoms with Crippen LogP contribution >= 0.6 is 0 Å². The van der Waals surface area contributed by atoms with Crippen LogP contribution in [0.15, 0.2) is 59.3 Å². The molecule has 0 saturated heterocycles. The molecular formula is C18H17N3. The van der Waals surface area contributed by atoms with Crippen LogP contribution in [-0.4, -0.2) is 16.8 Å². The third-order valence-corrected chi connectivity index (χ3v) is 3.69. The number of benzene rings is 1. The molecule has 0 amide bonds. The smallest absolute Gasteiger partial charge is 0.133 e. The van der Waals surface area contributed by atoms with E-state index in [-0.39, 0.29) is 6.04 Å². The minimum Gasteiger partial charge on any atom is -0.325 e. The average molecular weight is 275 g/mol. The van der Waals surface area contributed by atoms with Gasteiger partial charge in [0.05, 0.1) is 24.2 Å². The summed E-state index contributed by atoms with van der Waals surface area (Å²) >= 11 is 0. The van der Waals surface area contributed by atoms with Gasteiger partial charge in [0.1, 0.15) is 5.84 Å². The van der Waals surface area contributed by atoms with E-state index in [0.29, 0.717) is 6.42 Å². The Hall–Kier alpha value is -2.60. The molecule has 0 saturated carbocycles. The van der Waals surface area contributed by atoms with E-state index < -0.39 is 0 Å². The number of nitriles is 1. The monoisotopic (exact) mass is 275 g/mol. The highest BCUT2D eigenvalue weighted by Crippen LogP contribution is 2.27. The van der Waals surface area contributed by atoms with Crippen molar-refractivity contribution in [2.24, 2.45) is 4.99 Å². The second kappa shape index (κ2) is 5.41. The van der Waals surface area contributed by atoms with Crippen molar-refractivity contribution in [2.75, 3.05) is 0 Å². The zero-order valence-corrected chi connectivity index (χ0v) is 12.2. The lowest BCUT2D eigenvalue weighted by Crippen LogP contribution is -2.37. The molecule has 0 aliphatic carbocycles. The Balaban J connectivity index is 2.01. The molecule has 3 heteroatoms. The summed E-state index contributed by atoms with van der Waals surface area (Å²) in [6, 6.07) is 10.6. The van der Waals surface area contributed by atoms with E-state index in [1.54, 1.807) is 0 Å². The molecule has 0 N–H and O–H groups in total. The van der Waals surface area contributed by atoms with E-state index in [9.17, 15) is 0 Å². The summed E-state index contributed by atoms with van der Waals surface area (Å²) in [5, 5.41) is 9.08. The van der Waals surface area contributed by atoms with Crippen LogP contribution in [0.5, 0.6) is 0 Å². The lowest BCUT2D eigenvalue weighted by molar-refractivity contribution is 0.465. The number of aryl methyl sites for hydroxylation is 1. The van der Waals surface area contributed by atoms with E-state index in [1.807, 2.05) is 6.08 Å². The molecular weight excluding hydrogens is 258 g/mol. The molecule has 1 aromatic carbocycles. The van der Waals surface area contributed by atoms with Gasteiger partial charge >= 0.3 is 0 Å². The van der Waals surface area contributed by atoms with Gasteiger partial charge in [-0.1, -0.05) is 35.9 Å². The predicted molar refractivity (Wildman–Crippen MR) is 85.3 cm³/mol. The fraction of sp³-hybridized carbons (Fsp3) is 0.222. The van der Waals surface area contributed by atoms with Crippen molar-refractivity contribution in [1.29, 1.82) is 5.26 Å². The summed E-state index contributed by atoms with van der Waals surface area (Å²) in [7, 11) is 0. The first-order chi connectivity index (χ1) is 10.2. The third-order valence-electron chi connectivity index (χ3n) is 3.69. The molecule has 0 radical (unpaired) electrons. The van der Waals surface area contributed by atoms with Crippen LogP contribution in [0, 0.1) is 18.3 Å². The summed E-state index contributed by atoms with van der Waals surface area (Å²) in [6.45, 7) is 4.12. The van der Waals surface area contributed by atoms with Crippen LogP contribution in [0.2, 0.25) is 0 Å². The summed E-state index contributed by atoms with van der Waals surface area (Å²) in [4.78, 5) is 6.81. The molecule has 0 aromatic heterocycles. The van der Waals surface area contributed by atoms with Crippen LogP contribution < -0.4 is 0 Å². The molecule has 2 heterocycles. The summed E-state index contributed by atoms with van der Waals surface area (Å²) < 4.78 is 0. The Bertz CT molecular complexity index is 712. The number of fused-ring (bicyclic) bond motifs is 1. The van der Waals surface area contributed by atoms with Crippen molar-refractivity contribution in [3.05, 3.63) is 65.4 Å². The van der Waals surface area contributed by atoms with Crippen molar-refractivity contribution in [3.8, 4) is 6.07 Å². The SMILES string of the molecule is CC1=CN2C(=NC(c3ccc(C)cc3)=CC2CC#N)C=C1. The first-order valence-electron chi connectivity index (χ1n) is 7.07. The molecule has 3 nitrogen and oxygen atoms in total. The van der Waals surface area contributed by atoms with Crippen molar-refractivity contribution in [2.45, 2.75) is 26.3 Å². The fourth-order valence-corrected chi connectivity index (χ4v) is 2.54. The van der Waals surface area contributed by atoms with E-state index in [4.69, 9.17) is 10.3 Å². The molecule has 104 valence electrons. The van der Waals surface area contributed by atoms with E-state index in [1.165, 1.54) is 11.1 Å². The number of aliphatic imine (C=N–C) groups is 1. The average Bonchev–Trinajstić information content (AvgIpc) is 2.48. The Kier molecular flexibility index (Phi) is 3.45. The second-order valence-electron chi connectivity index (χ2n) is 5.43. The Morgan fingerprint density at radius 1 is 1.19 bits per heavy atom. The normalized spacial score (nSPS) is 20.1. The van der Waals surface area contributed by atoms with Gasteiger partial charge < -0.3 is 4.90 Å². The number of hydrogen-bond acceptors (Lipinski definition) is 3. The summed E-state index contributed by atoms with van der Waals surface area (Å²) in [6.07, 6.45) is 8.66. The Morgan fingerprint density at radius 2 is 1.95 bits per heavy atom. The van der Waals surface area contributed by atoms with Crippen molar-refractivity contribution in [3.63, 3.8) is 0 Å². The van der Waals surface area contributed by atoms with Crippen LogP contribution in [-0.2, 0) is 0 Å². The third kappa shape index (κ3) is 2.66. The summed E-state index contributed by atoms with van der Waals surface area (Å²) in [5.41, 5.74) is 4.44. The van der Waals surface area contributed by atoms with Gasteiger partial charge in [-0.05, 0) is 37.1 Å². The zero-order valence-electron chi connectivity index (χ0n) is 12.2. The van der Waals surface area contributed by atoms with E-state index in [0.717, 1.165) is 17.1 Å². The molecule has 1 atom stereocenters. The first-order valence-corrected chi connectivity index (χ1v) is 7.07. The van der Waals surface area contributed by atoms with Gasteiger partial charge in [0.2, 0.25) is 0 Å². The standard InChI is InChI=1S/C18H17N3/c1-13-3-6-15(7-4-13)17-11-16(9-10-19)21-12-14(2)5-8-18(21)20-17/h3-8,11-12,16H,9H2,1-2H3. The van der Waals surface area contributed by atoms with Gasteiger partial charge in [-0.2, -0.15) is 5.26 Å². The van der Waals surface area contributed by atoms with Crippen molar-refractivity contribution >= 4 is 11.5 Å². The fourth-order valence-electron chi connectivity index (χ4n) is 2.54. The van der Waals surface area contributed by atoms with Crippen LogP contribution in [0.1, 0.15) is 24.5 Å². The molecule has 0 spiro atoms. The molecule has 3 rings (SSSR count). The van der Waals surface area contributed by atoms with Gasteiger partial charge in [0.25, 0.3) is 0 Å². The lowest BCUT2D eigenvalue weighted by atomic mass is 10.0. The second-order valence-corrected chi connectivity index (χ2v) is 5.43. The maximum atomic E-state index is 9.08. The number of allylic oxidation sites excluding steroid dienone is 2. The van der Waals surface area contributed by atoms with Crippen LogP contribution in [0.25, 0.3) is 5.70 Å². The van der Waals surface area contributed by atoms with Gasteiger partial charge in [-0.15, -0.1) is 0 Å². The number of amidine groups is 1. The maximum Gasteiger partial charge on any atom is 0.133 e. The molecule has 1 aromatic rings. The molecule has 1 unspecified atom stereocenters. The minimum absolute atomic E-state index is 0.0405. The molecule has 2 aliphatic heterocycles. The number of rotatable bonds is 2. The topological polar surface area (TPSA) is 39.4 Å². The van der Waals surface area contributed by atoms with Gasteiger partial charge in [-0.25, -0.2) is 4.99 Å². The number of hydrogen-bond donors (Lipinski definition) is 0. The highest BCUT2D eigenvalue weighted by Gasteiger charge is 2.24. The van der Waals surface area contributed by atoms with E-state index in [2.05, 4.69) is 67.4 Å². The summed E-state index contributed by atoms with van der Waals surface area (Å²) in [5.74, 6) is 0.902. The number of nitrogens with zero attached hydrogens (tertiary/aromatic N) is 3. The van der Waals surface area contributed by atoms with Gasteiger partial charge in [0.15, 0.2) is 0 Å². The van der Waals surface area contributed by atoms with Crippen LogP contribution in [0.3, 0.4) is 0 Å². The highest BCUT2D eigenvalue weighted by molar-refractivity contribution is 6.00. The van der Waals surface area contributed by atoms with Crippen LogP contribution in [0.4, 0.5) is 0 Å². The van der Waals surface area contributed by atoms with Crippen molar-refractivity contribution < 1.29 is 0 Å². The predicted octanol–water partition coefficient (Wildman–Crippen LogP) is 3.81. The van der Waals surface area contributed by atoms with Gasteiger partial charge in [0, 0.05) is 6.20 Å². The highest BCUT2D eigenvalue weighted by atomic mass is 15.2. The minimum atomic E-state index is 0.0405. The molecule has 0 fully saturated rings. The quantitative estimate of drug-likeness (QED) is 0.823. The zero-order chi connectivity index (χ0) is 14.8. The lowest BCUT2D eigenvalue weighted by Gasteiger charge is -2.33. The van der Waals surface area contributed by atoms with Gasteiger partial charge in [-0.3, -0.25) is 0 Å². The first kappa shape index (κ1) is 13.4. The van der Waals surface area contributed by atoms with E-state index >= 15 is 0 Å².